The van der Waals surface area contributed by atoms with Crippen LogP contribution in [0.2, 0.25) is 0 Å². The Hall–Kier alpha value is -3.22. The molecule has 2 amide bonds. The zero-order valence-electron chi connectivity index (χ0n) is 18.2. The van der Waals surface area contributed by atoms with Gasteiger partial charge in [-0.3, -0.25) is 4.79 Å². The van der Waals surface area contributed by atoms with Crippen LogP contribution in [0.15, 0.2) is 59.8 Å². The monoisotopic (exact) mass is 436 g/mol. The van der Waals surface area contributed by atoms with Crippen molar-refractivity contribution in [3.63, 3.8) is 0 Å². The Morgan fingerprint density at radius 3 is 2.44 bits per heavy atom. The Morgan fingerprint density at radius 2 is 1.81 bits per heavy atom. The van der Waals surface area contributed by atoms with Crippen molar-refractivity contribution < 1.29 is 19.1 Å². The number of benzene rings is 2. The Bertz CT molecular complexity index is 954. The highest BCUT2D eigenvalue weighted by Crippen LogP contribution is 2.45. The maximum Gasteiger partial charge on any atom is 0.417 e. The van der Waals surface area contributed by atoms with Crippen molar-refractivity contribution in [3.05, 3.63) is 70.6 Å². The third-order valence-corrected chi connectivity index (χ3v) is 6.65. The van der Waals surface area contributed by atoms with E-state index < -0.39 is 29.5 Å². The Balaban J connectivity index is 1.71. The molecule has 2 atom stereocenters. The van der Waals surface area contributed by atoms with Gasteiger partial charge in [-0.1, -0.05) is 66.9 Å². The van der Waals surface area contributed by atoms with Crippen LogP contribution < -0.4 is 4.74 Å². The second-order valence-corrected chi connectivity index (χ2v) is 8.59. The van der Waals surface area contributed by atoms with E-state index in [1.165, 1.54) is 4.90 Å². The minimum absolute atomic E-state index is 0.135. The van der Waals surface area contributed by atoms with Crippen LogP contribution in [0.1, 0.15) is 49.1 Å². The van der Waals surface area contributed by atoms with Crippen LogP contribution in [0.3, 0.4) is 0 Å². The van der Waals surface area contributed by atoms with E-state index >= 15 is 0 Å². The molecular formula is C25H28N2O5. The quantitative estimate of drug-likeness (QED) is 0.580. The third-order valence-electron chi connectivity index (χ3n) is 6.65. The number of rotatable bonds is 7. The van der Waals surface area contributed by atoms with Gasteiger partial charge in [0.1, 0.15) is 17.9 Å². The van der Waals surface area contributed by atoms with Crippen molar-refractivity contribution in [2.24, 2.45) is 5.18 Å². The Morgan fingerprint density at radius 1 is 1.12 bits per heavy atom. The van der Waals surface area contributed by atoms with Crippen molar-refractivity contribution in [2.75, 3.05) is 13.7 Å². The highest BCUT2D eigenvalue weighted by atomic mass is 16.6. The highest BCUT2D eigenvalue weighted by Gasteiger charge is 2.51. The second kappa shape index (κ2) is 9.51. The number of ether oxygens (including phenoxy) is 2. The number of hydrogen-bond acceptors (Lipinski definition) is 6. The highest BCUT2D eigenvalue weighted by molar-refractivity contribution is 5.98. The molecule has 2 aliphatic rings. The van der Waals surface area contributed by atoms with Gasteiger partial charge in [-0.25, -0.2) is 9.69 Å². The number of imide groups is 1. The molecule has 1 aliphatic carbocycles. The van der Waals surface area contributed by atoms with Crippen LogP contribution in [-0.2, 0) is 16.0 Å². The lowest BCUT2D eigenvalue weighted by molar-refractivity contribution is -0.132. The van der Waals surface area contributed by atoms with Crippen LogP contribution in [0.4, 0.5) is 4.79 Å². The van der Waals surface area contributed by atoms with Crippen molar-refractivity contribution >= 4 is 12.0 Å². The Kier molecular flexibility index (Phi) is 6.53. The number of carbonyl (C=O) groups is 2. The van der Waals surface area contributed by atoms with Gasteiger partial charge in [-0.05, 0) is 42.5 Å². The number of carbonyl (C=O) groups excluding carboxylic acids is 2. The molecule has 0 bridgehead atoms. The van der Waals surface area contributed by atoms with E-state index in [9.17, 15) is 14.5 Å². The van der Waals surface area contributed by atoms with E-state index in [0.29, 0.717) is 30.6 Å². The van der Waals surface area contributed by atoms with Gasteiger partial charge in [0.2, 0.25) is 5.91 Å². The summed E-state index contributed by atoms with van der Waals surface area (Å²) in [6.07, 6.45) is 3.52. The molecule has 2 fully saturated rings. The molecule has 1 heterocycles. The summed E-state index contributed by atoms with van der Waals surface area (Å²) in [6, 6.07) is 16.4. The number of hydrogen-bond donors (Lipinski definition) is 0. The van der Waals surface area contributed by atoms with Gasteiger partial charge in [0.05, 0.1) is 19.1 Å². The summed E-state index contributed by atoms with van der Waals surface area (Å²) < 4.78 is 10.5. The van der Waals surface area contributed by atoms with Crippen molar-refractivity contribution in [2.45, 2.75) is 56.0 Å². The number of nitroso groups, excluding NO2 is 1. The molecule has 7 nitrogen and oxygen atoms in total. The standard InChI is InChI=1S/C25H28N2O5/c1-31-21-12-10-19(11-13-21)22(25(26-30)14-6-3-7-15-25)23(28)27-20(17-32-24(27)29)16-18-8-4-2-5-9-18/h2,4-5,8-13,20,22H,3,6-7,14-17H2,1H3. The molecule has 0 radical (unpaired) electrons. The lowest BCUT2D eigenvalue weighted by Crippen LogP contribution is -2.50. The SMILES string of the molecule is COc1ccc(C(C(=O)N2C(=O)OCC2Cc2ccccc2)C2(N=O)CCCCC2)cc1. The van der Waals surface area contributed by atoms with E-state index in [-0.39, 0.29) is 6.61 Å². The second-order valence-electron chi connectivity index (χ2n) is 8.59. The largest absolute Gasteiger partial charge is 0.497 e. The third kappa shape index (κ3) is 4.24. The molecule has 7 heteroatoms. The summed E-state index contributed by atoms with van der Waals surface area (Å²) in [6.45, 7) is 0.135. The molecule has 2 unspecified atom stereocenters. The minimum atomic E-state index is -1.08. The van der Waals surface area contributed by atoms with Gasteiger partial charge in [-0.15, -0.1) is 0 Å². The molecule has 4 rings (SSSR count). The molecule has 32 heavy (non-hydrogen) atoms. The topological polar surface area (TPSA) is 85.3 Å². The first kappa shape index (κ1) is 22.0. The molecule has 1 saturated heterocycles. The fraction of sp³-hybridized carbons (Fsp3) is 0.440. The number of cyclic esters (lactones) is 1. The zero-order valence-corrected chi connectivity index (χ0v) is 18.2. The minimum Gasteiger partial charge on any atom is -0.497 e. The molecule has 1 aliphatic heterocycles. The van der Waals surface area contributed by atoms with Crippen LogP contribution >= 0.6 is 0 Å². The van der Waals surface area contributed by atoms with Crippen molar-refractivity contribution in [3.8, 4) is 5.75 Å². The fourth-order valence-corrected chi connectivity index (χ4v) is 4.98. The lowest BCUT2D eigenvalue weighted by Gasteiger charge is -2.38. The molecule has 0 aromatic heterocycles. The molecule has 168 valence electrons. The normalized spacial score (nSPS) is 21.0. The average Bonchev–Trinajstić information content (AvgIpc) is 3.20. The summed E-state index contributed by atoms with van der Waals surface area (Å²) >= 11 is 0. The summed E-state index contributed by atoms with van der Waals surface area (Å²) in [5.41, 5.74) is 0.593. The van der Waals surface area contributed by atoms with Crippen LogP contribution in [0, 0.1) is 4.91 Å². The molecule has 2 aromatic carbocycles. The van der Waals surface area contributed by atoms with Gasteiger partial charge in [0.15, 0.2) is 0 Å². The van der Waals surface area contributed by atoms with Crippen LogP contribution in [-0.4, -0.2) is 42.2 Å². The van der Waals surface area contributed by atoms with E-state index in [1.54, 1.807) is 31.4 Å². The summed E-state index contributed by atoms with van der Waals surface area (Å²) in [5, 5.41) is 3.54. The molecule has 0 N–H and O–H groups in total. The Labute approximate surface area is 187 Å². The van der Waals surface area contributed by atoms with Crippen LogP contribution in [0.25, 0.3) is 0 Å². The first-order chi connectivity index (χ1) is 15.6. The summed E-state index contributed by atoms with van der Waals surface area (Å²) in [5.74, 6) is -0.616. The van der Waals surface area contributed by atoms with E-state index in [4.69, 9.17) is 9.47 Å². The van der Waals surface area contributed by atoms with Gasteiger partial charge < -0.3 is 9.47 Å². The maximum atomic E-state index is 14.0. The fourth-order valence-electron chi connectivity index (χ4n) is 4.98. The van der Waals surface area contributed by atoms with Gasteiger partial charge >= 0.3 is 6.09 Å². The predicted octanol–water partition coefficient (Wildman–Crippen LogP) is 4.84. The molecule has 0 spiro atoms. The van der Waals surface area contributed by atoms with Crippen molar-refractivity contribution in [1.29, 1.82) is 0 Å². The van der Waals surface area contributed by atoms with Crippen LogP contribution in [0.5, 0.6) is 5.75 Å². The predicted molar refractivity (Wildman–Crippen MR) is 119 cm³/mol. The van der Waals surface area contributed by atoms with E-state index in [0.717, 1.165) is 24.8 Å². The number of amides is 2. The zero-order chi connectivity index (χ0) is 22.6. The van der Waals surface area contributed by atoms with E-state index in [2.05, 4.69) is 5.18 Å². The smallest absolute Gasteiger partial charge is 0.417 e. The number of methoxy groups -OCH3 is 1. The van der Waals surface area contributed by atoms with Gasteiger partial charge in [0, 0.05) is 0 Å². The van der Waals surface area contributed by atoms with Gasteiger partial charge in [0.25, 0.3) is 0 Å². The van der Waals surface area contributed by atoms with Crippen molar-refractivity contribution in [1.82, 2.24) is 4.90 Å². The molecular weight excluding hydrogens is 408 g/mol. The van der Waals surface area contributed by atoms with Gasteiger partial charge in [-0.2, -0.15) is 4.91 Å². The maximum absolute atomic E-state index is 14.0. The first-order valence-corrected chi connectivity index (χ1v) is 11.1. The van der Waals surface area contributed by atoms with E-state index in [1.807, 2.05) is 30.3 Å². The summed E-state index contributed by atoms with van der Waals surface area (Å²) in [7, 11) is 1.57. The summed E-state index contributed by atoms with van der Waals surface area (Å²) in [4.78, 5) is 40.1. The lowest BCUT2D eigenvalue weighted by atomic mass is 9.70. The first-order valence-electron chi connectivity index (χ1n) is 11.1. The molecule has 1 saturated carbocycles. The average molecular weight is 437 g/mol. The molecule has 2 aromatic rings. The number of nitrogens with zero attached hydrogens (tertiary/aromatic N) is 2.